The Balaban J connectivity index is 2.31. The second-order valence-electron chi connectivity index (χ2n) is 4.37. The number of hydrogen-bond acceptors (Lipinski definition) is 1. The minimum absolute atomic E-state index is 0.351. The second-order valence-corrected chi connectivity index (χ2v) is 5.16. The van der Waals surface area contributed by atoms with Gasteiger partial charge in [0.25, 0.3) is 0 Å². The number of hydrogen-bond donors (Lipinski definition) is 0. The van der Waals surface area contributed by atoms with Crippen LogP contribution in [0.25, 0.3) is 0 Å². The molecule has 2 nitrogen and oxygen atoms in total. The molecule has 0 spiro atoms. The van der Waals surface area contributed by atoms with Crippen molar-refractivity contribution in [1.29, 1.82) is 0 Å². The van der Waals surface area contributed by atoms with Gasteiger partial charge in [-0.15, -0.1) is 0 Å². The first kappa shape index (κ1) is 13.0. The molecule has 0 N–H and O–H groups in total. The van der Waals surface area contributed by atoms with Crippen LogP contribution in [-0.2, 0) is 4.79 Å². The summed E-state index contributed by atoms with van der Waals surface area (Å²) in [5, 5.41) is 0.886. The lowest BCUT2D eigenvalue weighted by atomic mass is 9.86. The Hall–Kier alpha value is -0.0500. The summed E-state index contributed by atoms with van der Waals surface area (Å²) in [6, 6.07) is 0. The number of alkyl halides is 1. The molecule has 1 saturated carbocycles. The average molecular weight is 276 g/mol. The molecular weight excluding hydrogens is 254 g/mol. The molecule has 88 valence electrons. The molecule has 0 heterocycles. The van der Waals surface area contributed by atoms with E-state index in [0.717, 1.165) is 24.8 Å². The second kappa shape index (κ2) is 7.26. The highest BCUT2D eigenvalue weighted by Gasteiger charge is 2.19. The van der Waals surface area contributed by atoms with Crippen molar-refractivity contribution in [2.24, 2.45) is 5.92 Å². The van der Waals surface area contributed by atoms with E-state index in [9.17, 15) is 4.79 Å². The predicted octanol–water partition coefficient (Wildman–Crippen LogP) is 3.20. The fraction of sp³-hybridized carbons (Fsp3) is 0.917. The molecule has 0 atom stereocenters. The standard InChI is InChI=1S/C12H22BrNO/c1-2-14(9-8-13)12(15)10-11-6-4-3-5-7-11/h11H,2-10H2,1H3. The summed E-state index contributed by atoms with van der Waals surface area (Å²) in [7, 11) is 0. The Morgan fingerprint density at radius 1 is 1.33 bits per heavy atom. The smallest absolute Gasteiger partial charge is 0.222 e. The Bertz CT molecular complexity index is 190. The Labute approximate surface area is 102 Å². The summed E-state index contributed by atoms with van der Waals surface area (Å²) in [4.78, 5) is 13.9. The SMILES string of the molecule is CCN(CCBr)C(=O)CC1CCCCC1. The van der Waals surface area contributed by atoms with E-state index in [1.54, 1.807) is 0 Å². The molecule has 0 unspecified atom stereocenters. The van der Waals surface area contributed by atoms with Crippen molar-refractivity contribution in [2.45, 2.75) is 45.4 Å². The van der Waals surface area contributed by atoms with E-state index in [1.807, 2.05) is 4.90 Å². The summed E-state index contributed by atoms with van der Waals surface area (Å²) in [5.41, 5.74) is 0. The molecule has 1 fully saturated rings. The van der Waals surface area contributed by atoms with Gasteiger partial charge in [0.05, 0.1) is 0 Å². The third-order valence-electron chi connectivity index (χ3n) is 3.28. The van der Waals surface area contributed by atoms with Gasteiger partial charge in [0.2, 0.25) is 5.91 Å². The van der Waals surface area contributed by atoms with E-state index in [2.05, 4.69) is 22.9 Å². The summed E-state index contributed by atoms with van der Waals surface area (Å²) >= 11 is 3.39. The third kappa shape index (κ3) is 4.54. The van der Waals surface area contributed by atoms with Gasteiger partial charge in [0.1, 0.15) is 0 Å². The topological polar surface area (TPSA) is 20.3 Å². The molecule has 3 heteroatoms. The van der Waals surface area contributed by atoms with Crippen LogP contribution in [0.3, 0.4) is 0 Å². The number of carbonyl (C=O) groups excluding carboxylic acids is 1. The molecule has 1 amide bonds. The summed E-state index contributed by atoms with van der Waals surface area (Å²) in [5.74, 6) is 1.01. The van der Waals surface area contributed by atoms with Crippen LogP contribution in [0.2, 0.25) is 0 Å². The zero-order chi connectivity index (χ0) is 11.1. The molecule has 0 aromatic rings. The van der Waals surface area contributed by atoms with Crippen molar-refractivity contribution in [3.63, 3.8) is 0 Å². The minimum Gasteiger partial charge on any atom is -0.342 e. The first-order valence-electron chi connectivity index (χ1n) is 6.11. The van der Waals surface area contributed by atoms with Crippen LogP contribution in [0.15, 0.2) is 0 Å². The van der Waals surface area contributed by atoms with Crippen LogP contribution in [0.4, 0.5) is 0 Å². The maximum Gasteiger partial charge on any atom is 0.222 e. The zero-order valence-corrected chi connectivity index (χ0v) is 11.3. The Morgan fingerprint density at radius 2 is 2.00 bits per heavy atom. The fourth-order valence-corrected chi connectivity index (χ4v) is 2.76. The third-order valence-corrected chi connectivity index (χ3v) is 3.63. The summed E-state index contributed by atoms with van der Waals surface area (Å²) in [6.07, 6.45) is 7.31. The van der Waals surface area contributed by atoms with Gasteiger partial charge in [-0.05, 0) is 25.7 Å². The van der Waals surface area contributed by atoms with Gasteiger partial charge in [-0.2, -0.15) is 0 Å². The normalized spacial score (nSPS) is 17.7. The highest BCUT2D eigenvalue weighted by atomic mass is 79.9. The van der Waals surface area contributed by atoms with Gasteiger partial charge in [0, 0.05) is 24.8 Å². The van der Waals surface area contributed by atoms with Crippen molar-refractivity contribution in [3.8, 4) is 0 Å². The lowest BCUT2D eigenvalue weighted by molar-refractivity contribution is -0.132. The van der Waals surface area contributed by atoms with E-state index >= 15 is 0 Å². The summed E-state index contributed by atoms with van der Waals surface area (Å²) < 4.78 is 0. The van der Waals surface area contributed by atoms with E-state index in [0.29, 0.717) is 11.8 Å². The van der Waals surface area contributed by atoms with Crippen LogP contribution in [0, 0.1) is 5.92 Å². The van der Waals surface area contributed by atoms with Crippen molar-refractivity contribution >= 4 is 21.8 Å². The van der Waals surface area contributed by atoms with Gasteiger partial charge in [-0.25, -0.2) is 0 Å². The quantitative estimate of drug-likeness (QED) is 0.706. The number of rotatable bonds is 5. The van der Waals surface area contributed by atoms with Crippen LogP contribution in [-0.4, -0.2) is 29.2 Å². The average Bonchev–Trinajstić information content (AvgIpc) is 2.27. The van der Waals surface area contributed by atoms with E-state index < -0.39 is 0 Å². The molecule has 1 aliphatic rings. The van der Waals surface area contributed by atoms with Crippen molar-refractivity contribution in [1.82, 2.24) is 4.90 Å². The monoisotopic (exact) mass is 275 g/mol. The minimum atomic E-state index is 0.351. The van der Waals surface area contributed by atoms with Gasteiger partial charge in [0.15, 0.2) is 0 Å². The number of amides is 1. The number of nitrogens with zero attached hydrogens (tertiary/aromatic N) is 1. The largest absolute Gasteiger partial charge is 0.342 e. The van der Waals surface area contributed by atoms with E-state index in [4.69, 9.17) is 0 Å². The zero-order valence-electron chi connectivity index (χ0n) is 9.67. The van der Waals surface area contributed by atoms with Gasteiger partial charge < -0.3 is 4.90 Å². The first-order valence-corrected chi connectivity index (χ1v) is 7.23. The van der Waals surface area contributed by atoms with Gasteiger partial charge in [-0.1, -0.05) is 35.2 Å². The van der Waals surface area contributed by atoms with Gasteiger partial charge in [-0.3, -0.25) is 4.79 Å². The molecular formula is C12H22BrNO. The Morgan fingerprint density at radius 3 is 2.53 bits per heavy atom. The highest BCUT2D eigenvalue weighted by Crippen LogP contribution is 2.26. The fourth-order valence-electron chi connectivity index (χ4n) is 2.33. The predicted molar refractivity (Wildman–Crippen MR) is 67.2 cm³/mol. The molecule has 0 aromatic heterocycles. The molecule has 0 saturated heterocycles. The molecule has 1 aliphatic carbocycles. The lowest BCUT2D eigenvalue weighted by Gasteiger charge is -2.25. The van der Waals surface area contributed by atoms with Crippen LogP contribution in [0.5, 0.6) is 0 Å². The highest BCUT2D eigenvalue weighted by molar-refractivity contribution is 9.09. The lowest BCUT2D eigenvalue weighted by Crippen LogP contribution is -2.33. The molecule has 0 bridgehead atoms. The number of halogens is 1. The molecule has 0 aromatic carbocycles. The molecule has 0 aliphatic heterocycles. The molecule has 15 heavy (non-hydrogen) atoms. The first-order chi connectivity index (χ1) is 7.27. The summed E-state index contributed by atoms with van der Waals surface area (Å²) in [6.45, 7) is 3.75. The molecule has 0 radical (unpaired) electrons. The van der Waals surface area contributed by atoms with Crippen molar-refractivity contribution < 1.29 is 4.79 Å². The van der Waals surface area contributed by atoms with Crippen LogP contribution < -0.4 is 0 Å². The van der Waals surface area contributed by atoms with Crippen LogP contribution in [0.1, 0.15) is 45.4 Å². The van der Waals surface area contributed by atoms with Gasteiger partial charge >= 0.3 is 0 Å². The van der Waals surface area contributed by atoms with E-state index in [1.165, 1.54) is 32.1 Å². The Kier molecular flexibility index (Phi) is 6.30. The maximum atomic E-state index is 11.9. The number of carbonyl (C=O) groups is 1. The maximum absolute atomic E-state index is 11.9. The van der Waals surface area contributed by atoms with Crippen LogP contribution >= 0.6 is 15.9 Å². The van der Waals surface area contributed by atoms with E-state index in [-0.39, 0.29) is 0 Å². The van der Waals surface area contributed by atoms with Crippen molar-refractivity contribution in [3.05, 3.63) is 0 Å². The van der Waals surface area contributed by atoms with Crippen molar-refractivity contribution in [2.75, 3.05) is 18.4 Å². The molecule has 1 rings (SSSR count).